The number of aromatic nitrogens is 1. The lowest BCUT2D eigenvalue weighted by molar-refractivity contribution is 0.934. The van der Waals surface area contributed by atoms with Gasteiger partial charge in [-0.3, -0.25) is 0 Å². The van der Waals surface area contributed by atoms with Crippen LogP contribution in [0.2, 0.25) is 0 Å². The van der Waals surface area contributed by atoms with Crippen molar-refractivity contribution in [1.82, 2.24) is 4.98 Å². The van der Waals surface area contributed by atoms with Crippen molar-refractivity contribution in [3.63, 3.8) is 0 Å². The molecule has 4 aromatic rings. The summed E-state index contributed by atoms with van der Waals surface area (Å²) in [5.41, 5.74) is 8.35. The first-order valence-electron chi connectivity index (χ1n) is 8.82. The first-order chi connectivity index (χ1) is 12.8. The zero-order valence-electron chi connectivity index (χ0n) is 14.2. The van der Waals surface area contributed by atoms with Crippen molar-refractivity contribution >= 4 is 38.2 Å². The number of rotatable bonds is 2. The van der Waals surface area contributed by atoms with Gasteiger partial charge in [-0.25, -0.2) is 4.98 Å². The van der Waals surface area contributed by atoms with Gasteiger partial charge in [-0.15, -0.1) is 0 Å². The monoisotopic (exact) mass is 400 g/mol. The summed E-state index contributed by atoms with van der Waals surface area (Å²) >= 11 is 3.62. The van der Waals surface area contributed by atoms with Gasteiger partial charge in [0.15, 0.2) is 0 Å². The molecule has 26 heavy (non-hydrogen) atoms. The van der Waals surface area contributed by atoms with Crippen molar-refractivity contribution in [3.8, 4) is 11.3 Å². The maximum atomic E-state index is 5.04. The molecule has 0 spiro atoms. The zero-order chi connectivity index (χ0) is 17.5. The summed E-state index contributed by atoms with van der Waals surface area (Å²) in [4.78, 5) is 5.04. The minimum Gasteiger partial charge on any atom is -0.355 e. The average Bonchev–Trinajstić information content (AvgIpc) is 2.69. The maximum Gasteiger partial charge on any atom is 0.0765 e. The Kier molecular flexibility index (Phi) is 3.75. The highest BCUT2D eigenvalue weighted by Gasteiger charge is 2.22. The molecule has 5 rings (SSSR count). The predicted octanol–water partition coefficient (Wildman–Crippen LogP) is 6.51. The molecule has 0 fully saturated rings. The fourth-order valence-corrected chi connectivity index (χ4v) is 4.14. The van der Waals surface area contributed by atoms with Crippen LogP contribution in [0.5, 0.6) is 0 Å². The molecule has 1 aromatic heterocycles. The molecule has 0 saturated heterocycles. The molecule has 1 heterocycles. The highest BCUT2D eigenvalue weighted by molar-refractivity contribution is 9.10. The molecular formula is C23H17BrN2. The van der Waals surface area contributed by atoms with E-state index in [0.29, 0.717) is 0 Å². The molecule has 2 nitrogen and oxygen atoms in total. The first kappa shape index (κ1) is 15.6. The van der Waals surface area contributed by atoms with E-state index in [1.807, 2.05) is 6.07 Å². The van der Waals surface area contributed by atoms with Crippen LogP contribution in [0, 0.1) is 0 Å². The fraction of sp³-hybridized carbons (Fsp3) is 0.0870. The van der Waals surface area contributed by atoms with Crippen LogP contribution in [-0.2, 0) is 12.8 Å². The van der Waals surface area contributed by atoms with E-state index in [0.717, 1.165) is 39.6 Å². The van der Waals surface area contributed by atoms with Crippen molar-refractivity contribution in [2.45, 2.75) is 12.8 Å². The molecule has 3 aromatic carbocycles. The number of pyridine rings is 1. The number of nitrogens with zero attached hydrogens (tertiary/aromatic N) is 1. The molecule has 0 radical (unpaired) electrons. The molecule has 0 saturated carbocycles. The standard InChI is InChI=1S/C23H17BrN2/c24-16-11-13-21-20(14-16)23(25-17-7-2-1-3-8-17)19-12-10-15-6-4-5-9-18(15)22(19)26-21/h1-9,11,13-14H,10,12H2,(H,25,26). The van der Waals surface area contributed by atoms with E-state index in [-0.39, 0.29) is 0 Å². The Bertz CT molecular complexity index is 1120. The van der Waals surface area contributed by atoms with Gasteiger partial charge in [-0.2, -0.15) is 0 Å². The molecule has 0 aliphatic heterocycles. The normalized spacial score (nSPS) is 12.5. The first-order valence-corrected chi connectivity index (χ1v) is 9.61. The Labute approximate surface area is 161 Å². The van der Waals surface area contributed by atoms with Gasteiger partial charge in [0.1, 0.15) is 0 Å². The third kappa shape index (κ3) is 2.60. The highest BCUT2D eigenvalue weighted by atomic mass is 79.9. The Morgan fingerprint density at radius 3 is 2.54 bits per heavy atom. The summed E-state index contributed by atoms with van der Waals surface area (Å²) in [6.07, 6.45) is 2.05. The van der Waals surface area contributed by atoms with Crippen LogP contribution in [0.1, 0.15) is 11.1 Å². The number of benzene rings is 3. The SMILES string of the molecule is Brc1ccc2nc3c(c(Nc4ccccc4)c2c1)CCc1ccccc1-3. The van der Waals surface area contributed by atoms with E-state index in [1.165, 1.54) is 22.4 Å². The minimum absolute atomic E-state index is 0.997. The van der Waals surface area contributed by atoms with Gasteiger partial charge in [0.05, 0.1) is 16.9 Å². The van der Waals surface area contributed by atoms with Gasteiger partial charge < -0.3 is 5.32 Å². The number of hydrogen-bond acceptors (Lipinski definition) is 2. The van der Waals surface area contributed by atoms with E-state index in [1.54, 1.807) is 0 Å². The van der Waals surface area contributed by atoms with E-state index in [2.05, 4.69) is 88.0 Å². The van der Waals surface area contributed by atoms with Crippen molar-refractivity contribution < 1.29 is 0 Å². The Balaban J connectivity index is 1.80. The largest absolute Gasteiger partial charge is 0.355 e. The van der Waals surface area contributed by atoms with Crippen molar-refractivity contribution in [3.05, 3.63) is 88.4 Å². The van der Waals surface area contributed by atoms with E-state index in [4.69, 9.17) is 4.98 Å². The van der Waals surface area contributed by atoms with Crippen LogP contribution in [0.3, 0.4) is 0 Å². The zero-order valence-corrected chi connectivity index (χ0v) is 15.8. The summed E-state index contributed by atoms with van der Waals surface area (Å²) in [6, 6.07) is 25.3. The van der Waals surface area contributed by atoms with Gasteiger partial charge in [0.25, 0.3) is 0 Å². The second kappa shape index (κ2) is 6.26. The minimum atomic E-state index is 0.997. The molecule has 1 aliphatic carbocycles. The number of aryl methyl sites for hydroxylation is 1. The van der Waals surface area contributed by atoms with Crippen LogP contribution < -0.4 is 5.32 Å². The summed E-state index contributed by atoms with van der Waals surface area (Å²) in [5.74, 6) is 0. The third-order valence-electron chi connectivity index (χ3n) is 5.01. The van der Waals surface area contributed by atoms with Crippen LogP contribution in [0.15, 0.2) is 77.3 Å². The molecule has 0 bridgehead atoms. The van der Waals surface area contributed by atoms with Crippen molar-refractivity contribution in [2.75, 3.05) is 5.32 Å². The van der Waals surface area contributed by atoms with Gasteiger partial charge in [-0.1, -0.05) is 58.4 Å². The van der Waals surface area contributed by atoms with E-state index < -0.39 is 0 Å². The van der Waals surface area contributed by atoms with Crippen molar-refractivity contribution in [1.29, 1.82) is 0 Å². The molecule has 3 heteroatoms. The lowest BCUT2D eigenvalue weighted by Crippen LogP contribution is -2.09. The number of hydrogen-bond donors (Lipinski definition) is 1. The number of fused-ring (bicyclic) bond motifs is 4. The lowest BCUT2D eigenvalue weighted by atomic mass is 9.87. The van der Waals surface area contributed by atoms with Gasteiger partial charge >= 0.3 is 0 Å². The summed E-state index contributed by atoms with van der Waals surface area (Å²) in [6.45, 7) is 0. The fourth-order valence-electron chi connectivity index (χ4n) is 3.78. The number of anilines is 2. The average molecular weight is 401 g/mol. The number of nitrogens with one attached hydrogen (secondary N) is 1. The predicted molar refractivity (Wildman–Crippen MR) is 112 cm³/mol. The van der Waals surface area contributed by atoms with Gasteiger partial charge in [0.2, 0.25) is 0 Å². The number of halogens is 1. The number of para-hydroxylation sites is 1. The van der Waals surface area contributed by atoms with E-state index >= 15 is 0 Å². The Morgan fingerprint density at radius 2 is 1.65 bits per heavy atom. The molecule has 1 N–H and O–H groups in total. The van der Waals surface area contributed by atoms with Crippen LogP contribution in [0.25, 0.3) is 22.2 Å². The summed E-state index contributed by atoms with van der Waals surface area (Å²) < 4.78 is 1.07. The maximum absolute atomic E-state index is 5.04. The quantitative estimate of drug-likeness (QED) is 0.414. The van der Waals surface area contributed by atoms with E-state index in [9.17, 15) is 0 Å². The topological polar surface area (TPSA) is 24.9 Å². The van der Waals surface area contributed by atoms with Gasteiger partial charge in [-0.05, 0) is 48.7 Å². The molecule has 1 aliphatic rings. The van der Waals surface area contributed by atoms with Crippen LogP contribution in [-0.4, -0.2) is 4.98 Å². The second-order valence-electron chi connectivity index (χ2n) is 6.62. The second-order valence-corrected chi connectivity index (χ2v) is 7.54. The lowest BCUT2D eigenvalue weighted by Gasteiger charge is -2.24. The molecule has 126 valence electrons. The molecule has 0 amide bonds. The molecule has 0 atom stereocenters. The smallest absolute Gasteiger partial charge is 0.0765 e. The molecule has 0 unspecified atom stereocenters. The Morgan fingerprint density at radius 1 is 0.846 bits per heavy atom. The van der Waals surface area contributed by atoms with Gasteiger partial charge in [0, 0.05) is 26.7 Å². The van der Waals surface area contributed by atoms with Crippen LogP contribution in [0.4, 0.5) is 11.4 Å². The highest BCUT2D eigenvalue weighted by Crippen LogP contribution is 2.41. The summed E-state index contributed by atoms with van der Waals surface area (Å²) in [7, 11) is 0. The molecular weight excluding hydrogens is 384 g/mol. The summed E-state index contributed by atoms with van der Waals surface area (Å²) in [5, 5.41) is 4.83. The van der Waals surface area contributed by atoms with Crippen LogP contribution >= 0.6 is 15.9 Å². The Hall–Kier alpha value is -2.65. The van der Waals surface area contributed by atoms with Crippen molar-refractivity contribution in [2.24, 2.45) is 0 Å². The third-order valence-corrected chi connectivity index (χ3v) is 5.50.